The first-order chi connectivity index (χ1) is 8.63. The van der Waals surface area contributed by atoms with E-state index in [2.05, 4.69) is 11.4 Å². The lowest BCUT2D eigenvalue weighted by atomic mass is 9.92. The van der Waals surface area contributed by atoms with Crippen molar-refractivity contribution in [2.24, 2.45) is 5.92 Å². The topological polar surface area (TPSA) is 66.5 Å². The third kappa shape index (κ3) is 2.44. The Hall–Kier alpha value is -1.65. The van der Waals surface area contributed by atoms with Crippen LogP contribution >= 0.6 is 0 Å². The van der Waals surface area contributed by atoms with Crippen molar-refractivity contribution in [1.29, 1.82) is 0 Å². The van der Waals surface area contributed by atoms with Crippen LogP contribution in [0.2, 0.25) is 0 Å². The number of carbonyl (C=O) groups excluding carboxylic acids is 3. The summed E-state index contributed by atoms with van der Waals surface area (Å²) in [5, 5.41) is 2.28. The number of carbonyl (C=O) groups is 3. The van der Waals surface area contributed by atoms with E-state index in [4.69, 9.17) is 0 Å². The van der Waals surface area contributed by atoms with E-state index in [0.717, 1.165) is 12.8 Å². The molecule has 18 heavy (non-hydrogen) atoms. The number of nitrogens with zero attached hydrogens (tertiary/aromatic N) is 1. The molecule has 5 nitrogen and oxygen atoms in total. The number of imide groups is 1. The second-order valence-corrected chi connectivity index (χ2v) is 4.78. The van der Waals surface area contributed by atoms with Gasteiger partial charge in [-0.25, -0.2) is 0 Å². The van der Waals surface area contributed by atoms with E-state index in [0.29, 0.717) is 12.8 Å². The van der Waals surface area contributed by atoms with E-state index in [1.165, 1.54) is 4.90 Å². The molecule has 0 aromatic carbocycles. The van der Waals surface area contributed by atoms with Crippen molar-refractivity contribution < 1.29 is 14.4 Å². The summed E-state index contributed by atoms with van der Waals surface area (Å²) < 4.78 is 0. The Kier molecular flexibility index (Phi) is 3.79. The Bertz CT molecular complexity index is 403. The zero-order valence-electron chi connectivity index (χ0n) is 10.5. The number of nitrogens with one attached hydrogen (secondary N) is 1. The molecule has 2 rings (SSSR count). The van der Waals surface area contributed by atoms with Gasteiger partial charge in [0.25, 0.3) is 0 Å². The van der Waals surface area contributed by atoms with Crippen molar-refractivity contribution in [3.05, 3.63) is 12.2 Å². The third-order valence-electron chi connectivity index (χ3n) is 3.54. The van der Waals surface area contributed by atoms with Crippen LogP contribution in [-0.2, 0) is 14.4 Å². The Balaban J connectivity index is 2.13. The summed E-state index contributed by atoms with van der Waals surface area (Å²) in [5.74, 6) is -0.880. The third-order valence-corrected chi connectivity index (χ3v) is 3.54. The Morgan fingerprint density at radius 3 is 2.83 bits per heavy atom. The van der Waals surface area contributed by atoms with Gasteiger partial charge in [-0.15, -0.1) is 0 Å². The molecule has 5 heteroatoms. The summed E-state index contributed by atoms with van der Waals surface area (Å²) >= 11 is 0. The molecule has 1 aliphatic carbocycles. The molecule has 0 aromatic heterocycles. The molecule has 0 aromatic rings. The number of hydrogen-bond donors (Lipinski definition) is 1. The van der Waals surface area contributed by atoms with Crippen molar-refractivity contribution >= 4 is 17.7 Å². The van der Waals surface area contributed by atoms with Crippen LogP contribution in [0.4, 0.5) is 0 Å². The van der Waals surface area contributed by atoms with Crippen molar-refractivity contribution in [2.75, 3.05) is 6.54 Å². The van der Waals surface area contributed by atoms with Crippen LogP contribution in [0.1, 0.15) is 32.6 Å². The monoisotopic (exact) mass is 250 g/mol. The minimum absolute atomic E-state index is 0.00327. The van der Waals surface area contributed by atoms with Crippen LogP contribution < -0.4 is 5.32 Å². The van der Waals surface area contributed by atoms with Crippen LogP contribution in [-0.4, -0.2) is 35.2 Å². The molecule has 0 saturated carbocycles. The summed E-state index contributed by atoms with van der Waals surface area (Å²) in [6.45, 7) is 1.85. The van der Waals surface area contributed by atoms with Gasteiger partial charge >= 0.3 is 0 Å². The van der Waals surface area contributed by atoms with Crippen LogP contribution in [0, 0.1) is 5.92 Å². The van der Waals surface area contributed by atoms with Crippen molar-refractivity contribution in [1.82, 2.24) is 10.2 Å². The summed E-state index contributed by atoms with van der Waals surface area (Å²) in [7, 11) is 0. The first kappa shape index (κ1) is 12.8. The SMILES string of the molecule is CCC1C(=O)NC(=O)CN1C(=O)C1CC=CCC1. The number of amides is 3. The van der Waals surface area contributed by atoms with Gasteiger partial charge in [0.2, 0.25) is 17.7 Å². The largest absolute Gasteiger partial charge is 0.321 e. The van der Waals surface area contributed by atoms with Gasteiger partial charge in [-0.3, -0.25) is 19.7 Å². The van der Waals surface area contributed by atoms with E-state index in [1.807, 2.05) is 13.0 Å². The summed E-state index contributed by atoms with van der Waals surface area (Å²) in [6, 6.07) is -0.499. The molecule has 0 bridgehead atoms. The molecule has 98 valence electrons. The lowest BCUT2D eigenvalue weighted by molar-refractivity contribution is -0.152. The molecule has 1 saturated heterocycles. The second-order valence-electron chi connectivity index (χ2n) is 4.78. The molecule has 2 atom stereocenters. The maximum Gasteiger partial charge on any atom is 0.249 e. The minimum Gasteiger partial charge on any atom is -0.321 e. The lowest BCUT2D eigenvalue weighted by Gasteiger charge is -2.36. The van der Waals surface area contributed by atoms with Gasteiger partial charge in [0, 0.05) is 5.92 Å². The second kappa shape index (κ2) is 5.33. The zero-order chi connectivity index (χ0) is 13.1. The predicted molar refractivity (Wildman–Crippen MR) is 65.4 cm³/mol. The molecule has 1 fully saturated rings. The van der Waals surface area contributed by atoms with Gasteiger partial charge in [0.1, 0.15) is 12.6 Å². The smallest absolute Gasteiger partial charge is 0.249 e. The molecule has 1 N–H and O–H groups in total. The molecule has 0 spiro atoms. The van der Waals surface area contributed by atoms with Crippen molar-refractivity contribution in [2.45, 2.75) is 38.6 Å². The van der Waals surface area contributed by atoms with Gasteiger partial charge < -0.3 is 4.90 Å². The number of allylic oxidation sites excluding steroid dienone is 2. The van der Waals surface area contributed by atoms with Crippen LogP contribution in [0.25, 0.3) is 0 Å². The van der Waals surface area contributed by atoms with Crippen LogP contribution in [0.3, 0.4) is 0 Å². The summed E-state index contributed by atoms with van der Waals surface area (Å²) in [4.78, 5) is 36.9. The highest BCUT2D eigenvalue weighted by Gasteiger charge is 2.37. The average Bonchev–Trinajstić information content (AvgIpc) is 2.38. The van der Waals surface area contributed by atoms with Gasteiger partial charge in [0.15, 0.2) is 0 Å². The first-order valence-corrected chi connectivity index (χ1v) is 6.42. The normalized spacial score (nSPS) is 28.2. The number of rotatable bonds is 2. The lowest BCUT2D eigenvalue weighted by Crippen LogP contribution is -2.60. The number of piperazine rings is 1. The maximum absolute atomic E-state index is 12.4. The molecular formula is C13H18N2O3. The summed E-state index contributed by atoms with van der Waals surface area (Å²) in [5.41, 5.74) is 0. The van der Waals surface area contributed by atoms with Gasteiger partial charge in [-0.05, 0) is 25.7 Å². The maximum atomic E-state index is 12.4. The van der Waals surface area contributed by atoms with E-state index in [9.17, 15) is 14.4 Å². The van der Waals surface area contributed by atoms with E-state index in [-0.39, 0.29) is 30.2 Å². The van der Waals surface area contributed by atoms with Crippen LogP contribution in [0.15, 0.2) is 12.2 Å². The van der Waals surface area contributed by atoms with Crippen molar-refractivity contribution in [3.8, 4) is 0 Å². The molecule has 2 aliphatic rings. The Morgan fingerprint density at radius 1 is 1.44 bits per heavy atom. The zero-order valence-corrected chi connectivity index (χ0v) is 10.5. The minimum atomic E-state index is -0.499. The highest BCUT2D eigenvalue weighted by Crippen LogP contribution is 2.23. The average molecular weight is 250 g/mol. The fourth-order valence-electron chi connectivity index (χ4n) is 2.56. The Labute approximate surface area is 106 Å². The fraction of sp³-hybridized carbons (Fsp3) is 0.615. The Morgan fingerprint density at radius 2 is 2.22 bits per heavy atom. The molecular weight excluding hydrogens is 232 g/mol. The molecule has 1 heterocycles. The van der Waals surface area contributed by atoms with E-state index >= 15 is 0 Å². The molecule has 1 aliphatic heterocycles. The van der Waals surface area contributed by atoms with Crippen molar-refractivity contribution in [3.63, 3.8) is 0 Å². The molecule has 0 radical (unpaired) electrons. The highest BCUT2D eigenvalue weighted by atomic mass is 16.2. The standard InChI is InChI=1S/C13H18N2O3/c1-2-10-12(17)14-11(16)8-15(10)13(18)9-6-4-3-5-7-9/h3-4,9-10H,2,5-8H2,1H3,(H,14,16,17). The first-order valence-electron chi connectivity index (χ1n) is 6.42. The molecule has 2 unspecified atom stereocenters. The molecule has 3 amide bonds. The quantitative estimate of drug-likeness (QED) is 0.576. The highest BCUT2D eigenvalue weighted by molar-refractivity contribution is 6.04. The van der Waals surface area contributed by atoms with Crippen LogP contribution in [0.5, 0.6) is 0 Å². The summed E-state index contributed by atoms with van der Waals surface area (Å²) in [6.07, 6.45) is 7.00. The van der Waals surface area contributed by atoms with Gasteiger partial charge in [-0.1, -0.05) is 19.1 Å². The fourth-order valence-corrected chi connectivity index (χ4v) is 2.56. The van der Waals surface area contributed by atoms with E-state index < -0.39 is 6.04 Å². The van der Waals surface area contributed by atoms with Gasteiger partial charge in [0.05, 0.1) is 0 Å². The van der Waals surface area contributed by atoms with E-state index in [1.54, 1.807) is 0 Å². The van der Waals surface area contributed by atoms with Gasteiger partial charge in [-0.2, -0.15) is 0 Å². The number of hydrogen-bond acceptors (Lipinski definition) is 3. The predicted octanol–water partition coefficient (Wildman–Crippen LogP) is 0.606.